The second-order valence-electron chi connectivity index (χ2n) is 9.98. The zero-order valence-electron chi connectivity index (χ0n) is 19.9. The van der Waals surface area contributed by atoms with E-state index in [0.29, 0.717) is 6.42 Å². The van der Waals surface area contributed by atoms with Crippen molar-refractivity contribution in [1.82, 2.24) is 0 Å². The van der Waals surface area contributed by atoms with Gasteiger partial charge >= 0.3 is 0 Å². The van der Waals surface area contributed by atoms with Crippen LogP contribution in [0.2, 0.25) is 0 Å². The third kappa shape index (κ3) is 3.74. The van der Waals surface area contributed by atoms with Crippen LogP contribution in [0.5, 0.6) is 5.75 Å². The summed E-state index contributed by atoms with van der Waals surface area (Å²) in [5.74, 6) is 1.07. The quantitative estimate of drug-likeness (QED) is 0.326. The molecule has 4 aromatic rings. The Bertz CT molecular complexity index is 1340. The Kier molecular flexibility index (Phi) is 5.32. The molecule has 0 amide bonds. The van der Waals surface area contributed by atoms with Crippen molar-refractivity contribution in [2.45, 2.75) is 45.4 Å². The van der Waals surface area contributed by atoms with E-state index in [1.807, 2.05) is 12.1 Å². The Morgan fingerprint density at radius 3 is 1.88 bits per heavy atom. The fourth-order valence-corrected chi connectivity index (χ4v) is 5.12. The largest absolute Gasteiger partial charge is 0.497 e. The molecule has 0 aromatic heterocycles. The normalized spacial score (nSPS) is 13.8. The highest BCUT2D eigenvalue weighted by molar-refractivity contribution is 6.17. The van der Waals surface area contributed by atoms with E-state index in [9.17, 15) is 4.79 Å². The maximum Gasteiger partial charge on any atom is 0.163 e. The van der Waals surface area contributed by atoms with Crippen LogP contribution < -0.4 is 4.74 Å². The maximum absolute atomic E-state index is 13.4. The topological polar surface area (TPSA) is 26.3 Å². The van der Waals surface area contributed by atoms with Crippen molar-refractivity contribution in [3.63, 3.8) is 0 Å². The van der Waals surface area contributed by atoms with Crippen LogP contribution in [0.25, 0.3) is 33.0 Å². The van der Waals surface area contributed by atoms with Crippen LogP contribution in [0, 0.1) is 0 Å². The summed E-state index contributed by atoms with van der Waals surface area (Å²) in [5.41, 5.74) is 8.04. The van der Waals surface area contributed by atoms with Gasteiger partial charge in [-0.25, -0.2) is 0 Å². The minimum Gasteiger partial charge on any atom is -0.497 e. The predicted molar refractivity (Wildman–Crippen MR) is 137 cm³/mol. The summed E-state index contributed by atoms with van der Waals surface area (Å²) in [6.45, 7) is 6.71. The Labute approximate surface area is 196 Å². The zero-order chi connectivity index (χ0) is 23.2. The molecule has 0 fully saturated rings. The van der Waals surface area contributed by atoms with E-state index in [1.165, 1.54) is 27.6 Å². The molecule has 0 aliphatic heterocycles. The fraction of sp³-hybridized carbons (Fsp3) is 0.258. The van der Waals surface area contributed by atoms with Gasteiger partial charge in [0.15, 0.2) is 5.78 Å². The minimum atomic E-state index is 0.105. The molecule has 33 heavy (non-hydrogen) atoms. The van der Waals surface area contributed by atoms with Gasteiger partial charge in [-0.15, -0.1) is 0 Å². The average Bonchev–Trinajstić information content (AvgIpc) is 2.82. The highest BCUT2D eigenvalue weighted by Gasteiger charge is 2.28. The number of methoxy groups -OCH3 is 1. The van der Waals surface area contributed by atoms with Crippen molar-refractivity contribution in [2.24, 2.45) is 0 Å². The van der Waals surface area contributed by atoms with Crippen LogP contribution in [-0.2, 0) is 11.8 Å². The summed E-state index contributed by atoms with van der Waals surface area (Å²) in [5, 5.41) is 2.34. The van der Waals surface area contributed by atoms with Crippen molar-refractivity contribution in [2.75, 3.05) is 7.11 Å². The lowest BCUT2D eigenvalue weighted by Gasteiger charge is -2.26. The summed E-state index contributed by atoms with van der Waals surface area (Å²) in [4.78, 5) is 13.4. The molecule has 5 rings (SSSR count). The number of rotatable bonds is 3. The van der Waals surface area contributed by atoms with Crippen LogP contribution in [0.3, 0.4) is 0 Å². The van der Waals surface area contributed by atoms with Crippen molar-refractivity contribution in [3.8, 4) is 28.0 Å². The summed E-state index contributed by atoms with van der Waals surface area (Å²) in [6, 6.07) is 25.6. The molecular weight excluding hydrogens is 404 g/mol. The Morgan fingerprint density at radius 1 is 0.697 bits per heavy atom. The molecular formula is C31H30O2. The lowest BCUT2D eigenvalue weighted by molar-refractivity contribution is 0.0973. The second-order valence-corrected chi connectivity index (χ2v) is 9.98. The first-order valence-corrected chi connectivity index (χ1v) is 11.7. The molecule has 4 aromatic carbocycles. The van der Waals surface area contributed by atoms with Crippen molar-refractivity contribution in [1.29, 1.82) is 0 Å². The molecule has 2 nitrogen and oxygen atoms in total. The molecule has 0 saturated carbocycles. The van der Waals surface area contributed by atoms with E-state index in [0.717, 1.165) is 40.7 Å². The molecule has 0 N–H and O–H groups in total. The van der Waals surface area contributed by atoms with Gasteiger partial charge in [0.2, 0.25) is 0 Å². The van der Waals surface area contributed by atoms with Gasteiger partial charge in [0, 0.05) is 17.5 Å². The zero-order valence-corrected chi connectivity index (χ0v) is 19.9. The highest BCUT2D eigenvalue weighted by atomic mass is 16.5. The van der Waals surface area contributed by atoms with Crippen LogP contribution in [0.1, 0.15) is 55.1 Å². The fourth-order valence-electron chi connectivity index (χ4n) is 5.12. The number of carbonyl (C=O) groups excluding carboxylic acids is 1. The number of hydrogen-bond donors (Lipinski definition) is 0. The molecule has 0 radical (unpaired) electrons. The predicted octanol–water partition coefficient (Wildman–Crippen LogP) is 8.00. The number of carbonyl (C=O) groups is 1. The van der Waals surface area contributed by atoms with Crippen molar-refractivity contribution in [3.05, 3.63) is 89.5 Å². The van der Waals surface area contributed by atoms with Gasteiger partial charge < -0.3 is 4.74 Å². The van der Waals surface area contributed by atoms with E-state index in [-0.39, 0.29) is 11.2 Å². The summed E-state index contributed by atoms with van der Waals surface area (Å²) < 4.78 is 5.37. The third-order valence-corrected chi connectivity index (χ3v) is 6.85. The van der Waals surface area contributed by atoms with Gasteiger partial charge in [-0.05, 0) is 69.0 Å². The van der Waals surface area contributed by atoms with Crippen LogP contribution in [0.4, 0.5) is 0 Å². The summed E-state index contributed by atoms with van der Waals surface area (Å²) >= 11 is 0. The molecule has 1 aliphatic carbocycles. The van der Waals surface area contributed by atoms with Crippen LogP contribution >= 0.6 is 0 Å². The molecule has 0 bridgehead atoms. The molecule has 0 saturated heterocycles. The molecule has 0 atom stereocenters. The molecule has 0 spiro atoms. The Hall–Kier alpha value is -3.39. The number of hydrogen-bond acceptors (Lipinski definition) is 2. The summed E-state index contributed by atoms with van der Waals surface area (Å²) in [7, 11) is 1.68. The van der Waals surface area contributed by atoms with Crippen LogP contribution in [0.15, 0.2) is 72.8 Å². The first-order chi connectivity index (χ1) is 15.9. The Morgan fingerprint density at radius 2 is 1.27 bits per heavy atom. The van der Waals surface area contributed by atoms with E-state index in [2.05, 4.69) is 81.4 Å². The van der Waals surface area contributed by atoms with Gasteiger partial charge in [0.05, 0.1) is 7.11 Å². The minimum absolute atomic E-state index is 0.105. The van der Waals surface area contributed by atoms with E-state index >= 15 is 0 Å². The SMILES string of the molecule is COc1ccc(-c2c3c(c(-c4ccc(C(C)(C)C)cc4)c4ccccc24)CCCC3=O)cc1. The highest BCUT2D eigenvalue weighted by Crippen LogP contribution is 2.45. The van der Waals surface area contributed by atoms with Gasteiger partial charge in [-0.1, -0.05) is 81.4 Å². The van der Waals surface area contributed by atoms with E-state index in [4.69, 9.17) is 4.74 Å². The summed E-state index contributed by atoms with van der Waals surface area (Å²) in [6.07, 6.45) is 2.43. The van der Waals surface area contributed by atoms with Crippen LogP contribution in [-0.4, -0.2) is 12.9 Å². The second kappa shape index (κ2) is 8.19. The lowest BCUT2D eigenvalue weighted by Crippen LogP contribution is -2.15. The van der Waals surface area contributed by atoms with Gasteiger partial charge in [0.25, 0.3) is 0 Å². The lowest BCUT2D eigenvalue weighted by atomic mass is 9.77. The average molecular weight is 435 g/mol. The third-order valence-electron chi connectivity index (χ3n) is 6.85. The number of ether oxygens (including phenoxy) is 1. The monoisotopic (exact) mass is 434 g/mol. The molecule has 0 heterocycles. The maximum atomic E-state index is 13.4. The number of fused-ring (bicyclic) bond motifs is 2. The van der Waals surface area contributed by atoms with Crippen molar-refractivity contribution < 1.29 is 9.53 Å². The number of ketones is 1. The number of benzene rings is 4. The first-order valence-electron chi connectivity index (χ1n) is 11.7. The molecule has 0 unspecified atom stereocenters. The van der Waals surface area contributed by atoms with Crippen molar-refractivity contribution >= 4 is 16.6 Å². The standard InChI is InChI=1S/C31H30O2/c1-31(2,3)22-16-12-20(13-17-22)28-24-8-5-6-9-25(24)29(21-14-18-23(33-4)19-15-21)30-26(28)10-7-11-27(30)32/h5-6,8-9,12-19H,7,10-11H2,1-4H3. The number of Topliss-reactive ketones (excluding diaryl/α,β-unsaturated/α-hetero) is 1. The van der Waals surface area contributed by atoms with E-state index < -0.39 is 0 Å². The molecule has 1 aliphatic rings. The first kappa shape index (κ1) is 21.5. The van der Waals surface area contributed by atoms with Gasteiger partial charge in [-0.2, -0.15) is 0 Å². The smallest absolute Gasteiger partial charge is 0.163 e. The molecule has 2 heteroatoms. The van der Waals surface area contributed by atoms with Gasteiger partial charge in [0.1, 0.15) is 5.75 Å². The van der Waals surface area contributed by atoms with E-state index in [1.54, 1.807) is 7.11 Å². The molecule has 166 valence electrons. The van der Waals surface area contributed by atoms with Gasteiger partial charge in [-0.3, -0.25) is 4.79 Å². The Balaban J connectivity index is 1.83.